The zero-order valence-electron chi connectivity index (χ0n) is 12.5. The fourth-order valence-corrected chi connectivity index (χ4v) is 1.13. The standard InChI is InChI=1S/C5H10O5.2C5H4O2/c6-1-3(8)5(10)4(9)2-7;2*6-4-5-2-1-3-7-5/h1,3-5,7-10H,2H2;2*1-4H/t3-,4+,5+;;/m0../s1. The van der Waals surface area contributed by atoms with Gasteiger partial charge in [-0.15, -0.1) is 0 Å². The second-order valence-corrected chi connectivity index (χ2v) is 4.13. The van der Waals surface area contributed by atoms with Gasteiger partial charge in [0.2, 0.25) is 0 Å². The summed E-state index contributed by atoms with van der Waals surface area (Å²) in [4.78, 5) is 29.3. The van der Waals surface area contributed by atoms with E-state index in [0.29, 0.717) is 24.1 Å². The van der Waals surface area contributed by atoms with Gasteiger partial charge in [0.1, 0.15) is 18.3 Å². The van der Waals surface area contributed by atoms with Crippen LogP contribution in [0.2, 0.25) is 0 Å². The number of aliphatic hydroxyl groups excluding tert-OH is 4. The molecule has 2 aromatic heterocycles. The van der Waals surface area contributed by atoms with Crippen LogP contribution in [0.15, 0.2) is 45.6 Å². The van der Waals surface area contributed by atoms with Crippen molar-refractivity contribution >= 4 is 18.9 Å². The zero-order chi connectivity index (χ0) is 18.4. The van der Waals surface area contributed by atoms with E-state index < -0.39 is 24.9 Å². The smallest absolute Gasteiger partial charge is 0.185 e. The van der Waals surface area contributed by atoms with Gasteiger partial charge in [-0.05, 0) is 24.3 Å². The molecule has 0 aliphatic rings. The van der Waals surface area contributed by atoms with Crippen LogP contribution in [0.4, 0.5) is 0 Å². The molecule has 2 aromatic rings. The maximum absolute atomic E-state index is 9.77. The monoisotopic (exact) mass is 342 g/mol. The molecule has 2 heterocycles. The average Bonchev–Trinajstić information content (AvgIpc) is 3.33. The number of aldehydes is 3. The lowest BCUT2D eigenvalue weighted by atomic mass is 10.1. The van der Waals surface area contributed by atoms with Gasteiger partial charge in [-0.1, -0.05) is 0 Å². The molecule has 132 valence electrons. The van der Waals surface area contributed by atoms with Gasteiger partial charge in [0.05, 0.1) is 19.1 Å². The summed E-state index contributed by atoms with van der Waals surface area (Å²) >= 11 is 0. The molecular formula is C15H18O9. The van der Waals surface area contributed by atoms with Crippen LogP contribution in [0.25, 0.3) is 0 Å². The molecule has 0 radical (unpaired) electrons. The Morgan fingerprint density at radius 1 is 0.917 bits per heavy atom. The number of hydrogen-bond acceptors (Lipinski definition) is 9. The molecule has 9 nitrogen and oxygen atoms in total. The molecule has 3 atom stereocenters. The quantitative estimate of drug-likeness (QED) is 0.505. The van der Waals surface area contributed by atoms with Gasteiger partial charge < -0.3 is 34.1 Å². The highest BCUT2D eigenvalue weighted by atomic mass is 16.4. The van der Waals surface area contributed by atoms with E-state index in [0.717, 1.165) is 0 Å². The van der Waals surface area contributed by atoms with E-state index >= 15 is 0 Å². The third-order valence-corrected chi connectivity index (χ3v) is 2.39. The predicted molar refractivity (Wildman–Crippen MR) is 79.4 cm³/mol. The molecule has 0 saturated heterocycles. The lowest BCUT2D eigenvalue weighted by Gasteiger charge is -2.16. The van der Waals surface area contributed by atoms with Crippen LogP contribution in [0, 0.1) is 0 Å². The topological polar surface area (TPSA) is 158 Å². The first-order valence-corrected chi connectivity index (χ1v) is 6.57. The summed E-state index contributed by atoms with van der Waals surface area (Å²) in [6.45, 7) is -0.688. The Morgan fingerprint density at radius 2 is 1.38 bits per heavy atom. The third-order valence-electron chi connectivity index (χ3n) is 2.39. The van der Waals surface area contributed by atoms with E-state index in [9.17, 15) is 14.4 Å². The predicted octanol–water partition coefficient (Wildman–Crippen LogP) is -0.556. The summed E-state index contributed by atoms with van der Waals surface area (Å²) in [7, 11) is 0. The molecule has 0 fully saturated rings. The third kappa shape index (κ3) is 8.76. The highest BCUT2D eigenvalue weighted by molar-refractivity contribution is 5.70. The van der Waals surface area contributed by atoms with Crippen molar-refractivity contribution in [1.29, 1.82) is 0 Å². The van der Waals surface area contributed by atoms with Gasteiger partial charge in [-0.3, -0.25) is 9.59 Å². The minimum atomic E-state index is -1.64. The van der Waals surface area contributed by atoms with Crippen LogP contribution in [0.1, 0.15) is 21.1 Å². The zero-order valence-corrected chi connectivity index (χ0v) is 12.5. The summed E-state index contributed by atoms with van der Waals surface area (Å²) in [5.74, 6) is 0.750. The van der Waals surface area contributed by atoms with E-state index in [2.05, 4.69) is 8.83 Å². The van der Waals surface area contributed by atoms with Gasteiger partial charge in [0.25, 0.3) is 0 Å². The van der Waals surface area contributed by atoms with Gasteiger partial charge in [0, 0.05) is 0 Å². The fourth-order valence-electron chi connectivity index (χ4n) is 1.13. The van der Waals surface area contributed by atoms with Crippen LogP contribution in [-0.2, 0) is 4.79 Å². The van der Waals surface area contributed by atoms with Crippen LogP contribution in [0.5, 0.6) is 0 Å². The Bertz CT molecular complexity index is 509. The summed E-state index contributed by atoms with van der Waals surface area (Å²) < 4.78 is 9.23. The summed E-state index contributed by atoms with van der Waals surface area (Å²) in [6, 6.07) is 6.55. The Morgan fingerprint density at radius 3 is 1.58 bits per heavy atom. The van der Waals surface area contributed by atoms with Gasteiger partial charge in [-0.25, -0.2) is 0 Å². The fraction of sp³-hybridized carbons (Fsp3) is 0.267. The second kappa shape index (κ2) is 12.9. The van der Waals surface area contributed by atoms with Crippen LogP contribution >= 0.6 is 0 Å². The number of furan rings is 2. The van der Waals surface area contributed by atoms with Crippen molar-refractivity contribution in [3.05, 3.63) is 48.3 Å². The summed E-state index contributed by atoms with van der Waals surface area (Å²) in [5.41, 5.74) is 0. The number of hydrogen-bond donors (Lipinski definition) is 4. The van der Waals surface area contributed by atoms with Crippen molar-refractivity contribution in [3.63, 3.8) is 0 Å². The Balaban J connectivity index is 0.000000337. The largest absolute Gasteiger partial charge is 0.462 e. The highest BCUT2D eigenvalue weighted by Crippen LogP contribution is 1.96. The van der Waals surface area contributed by atoms with Crippen molar-refractivity contribution in [3.8, 4) is 0 Å². The van der Waals surface area contributed by atoms with E-state index in [-0.39, 0.29) is 6.29 Å². The van der Waals surface area contributed by atoms with E-state index in [4.69, 9.17) is 20.4 Å². The second-order valence-electron chi connectivity index (χ2n) is 4.13. The SMILES string of the molecule is O=C[C@H](O)[C@@H](O)[C@H](O)CO.O=Cc1ccco1.O=Cc1ccco1. The number of aliphatic hydroxyl groups is 4. The summed E-state index contributed by atoms with van der Waals surface area (Å²) in [6.07, 6.45) is -0.373. The van der Waals surface area contributed by atoms with Gasteiger partial charge in [0.15, 0.2) is 30.4 Å². The molecule has 0 aliphatic carbocycles. The van der Waals surface area contributed by atoms with Crippen LogP contribution in [-0.4, -0.2) is 64.2 Å². The maximum Gasteiger partial charge on any atom is 0.185 e. The number of carbonyl (C=O) groups is 3. The molecule has 24 heavy (non-hydrogen) atoms. The van der Waals surface area contributed by atoms with E-state index in [1.807, 2.05) is 0 Å². The average molecular weight is 342 g/mol. The minimum absolute atomic E-state index is 0.0869. The molecule has 9 heteroatoms. The van der Waals surface area contributed by atoms with Crippen LogP contribution < -0.4 is 0 Å². The van der Waals surface area contributed by atoms with Crippen molar-refractivity contribution in [2.45, 2.75) is 18.3 Å². The molecule has 0 amide bonds. The van der Waals surface area contributed by atoms with E-state index in [1.54, 1.807) is 24.3 Å². The molecule has 2 rings (SSSR count). The lowest BCUT2D eigenvalue weighted by Crippen LogP contribution is -2.40. The first-order chi connectivity index (χ1) is 11.5. The van der Waals surface area contributed by atoms with Crippen molar-refractivity contribution in [2.75, 3.05) is 6.61 Å². The van der Waals surface area contributed by atoms with E-state index in [1.165, 1.54) is 12.5 Å². The number of rotatable bonds is 6. The Kier molecular flexibility index (Phi) is 11.5. The van der Waals surface area contributed by atoms with Crippen LogP contribution in [0.3, 0.4) is 0 Å². The maximum atomic E-state index is 9.77. The minimum Gasteiger partial charge on any atom is -0.462 e. The Labute approximate surface area is 136 Å². The Hall–Kier alpha value is -2.59. The molecule has 0 bridgehead atoms. The molecule has 0 spiro atoms. The molecule has 0 aliphatic heterocycles. The first kappa shape index (κ1) is 21.4. The van der Waals surface area contributed by atoms with Crippen molar-refractivity contribution in [1.82, 2.24) is 0 Å². The molecule has 0 aromatic carbocycles. The molecular weight excluding hydrogens is 324 g/mol. The first-order valence-electron chi connectivity index (χ1n) is 6.57. The molecule has 4 N–H and O–H groups in total. The van der Waals surface area contributed by atoms with Gasteiger partial charge >= 0.3 is 0 Å². The van der Waals surface area contributed by atoms with Crippen molar-refractivity contribution < 1.29 is 43.6 Å². The summed E-state index contributed by atoms with van der Waals surface area (Å²) in [5, 5.41) is 34.1. The normalized spacial score (nSPS) is 13.2. The van der Waals surface area contributed by atoms with Gasteiger partial charge in [-0.2, -0.15) is 0 Å². The molecule has 0 unspecified atom stereocenters. The highest BCUT2D eigenvalue weighted by Gasteiger charge is 2.22. The number of carbonyl (C=O) groups excluding carboxylic acids is 3. The lowest BCUT2D eigenvalue weighted by molar-refractivity contribution is -0.127. The molecule has 0 saturated carbocycles. The van der Waals surface area contributed by atoms with Crippen molar-refractivity contribution in [2.24, 2.45) is 0 Å².